The maximum atomic E-state index is 5.58. The first-order valence-electron chi connectivity index (χ1n) is 7.20. The smallest absolute Gasteiger partial charge is 0.163 e. The minimum Gasteiger partial charge on any atom is -0.308 e. The Morgan fingerprint density at radius 2 is 2.33 bits per heavy atom. The van der Waals surface area contributed by atoms with Crippen molar-refractivity contribution in [3.63, 3.8) is 0 Å². The van der Waals surface area contributed by atoms with Gasteiger partial charge in [-0.25, -0.2) is 15.8 Å². The van der Waals surface area contributed by atoms with Crippen LogP contribution in [0.1, 0.15) is 19.2 Å². The lowest BCUT2D eigenvalue weighted by Crippen LogP contribution is -2.37. The van der Waals surface area contributed by atoms with Gasteiger partial charge in [0.25, 0.3) is 0 Å². The zero-order valence-corrected chi connectivity index (χ0v) is 13.2. The number of anilines is 1. The van der Waals surface area contributed by atoms with Crippen molar-refractivity contribution in [3.8, 4) is 0 Å². The highest BCUT2D eigenvalue weighted by Crippen LogP contribution is 2.23. The zero-order chi connectivity index (χ0) is 14.8. The highest BCUT2D eigenvalue weighted by Gasteiger charge is 2.20. The van der Waals surface area contributed by atoms with Crippen molar-refractivity contribution in [1.82, 2.24) is 24.6 Å². The molecule has 1 aliphatic rings. The van der Waals surface area contributed by atoms with E-state index in [0.29, 0.717) is 11.1 Å². The van der Waals surface area contributed by atoms with E-state index >= 15 is 0 Å². The molecule has 0 aromatic carbocycles. The van der Waals surface area contributed by atoms with Crippen molar-refractivity contribution in [2.24, 2.45) is 12.9 Å². The highest BCUT2D eigenvalue weighted by molar-refractivity contribution is 8.00. The minimum absolute atomic E-state index is 0.640. The fourth-order valence-electron chi connectivity index (χ4n) is 2.62. The van der Waals surface area contributed by atoms with Gasteiger partial charge in [0.05, 0.1) is 18.1 Å². The first-order valence-corrected chi connectivity index (χ1v) is 8.25. The average molecular weight is 307 g/mol. The number of thioether (sulfide) groups is 1. The summed E-state index contributed by atoms with van der Waals surface area (Å²) in [6, 6.07) is 0. The molecule has 2 aromatic rings. The molecule has 8 heteroatoms. The van der Waals surface area contributed by atoms with E-state index in [2.05, 4.69) is 44.1 Å². The molecule has 0 bridgehead atoms. The molecule has 7 nitrogen and oxygen atoms in total. The number of hydrogen-bond acceptors (Lipinski definition) is 7. The summed E-state index contributed by atoms with van der Waals surface area (Å²) >= 11 is 2.06. The third-order valence-electron chi connectivity index (χ3n) is 3.82. The molecule has 0 amide bonds. The monoisotopic (exact) mass is 307 g/mol. The van der Waals surface area contributed by atoms with E-state index in [1.54, 1.807) is 10.9 Å². The van der Waals surface area contributed by atoms with E-state index in [1.165, 1.54) is 12.2 Å². The predicted molar refractivity (Wildman–Crippen MR) is 85.9 cm³/mol. The number of nitrogen functional groups attached to an aromatic ring is 1. The topological polar surface area (TPSA) is 84.9 Å². The van der Waals surface area contributed by atoms with Gasteiger partial charge >= 0.3 is 0 Å². The van der Waals surface area contributed by atoms with Gasteiger partial charge in [0.1, 0.15) is 5.82 Å². The Bertz CT molecular complexity index is 626. The van der Waals surface area contributed by atoms with Crippen LogP contribution in [0.15, 0.2) is 6.20 Å². The summed E-state index contributed by atoms with van der Waals surface area (Å²) < 4.78 is 1.75. The van der Waals surface area contributed by atoms with Crippen molar-refractivity contribution >= 4 is 28.6 Å². The lowest BCUT2D eigenvalue weighted by Gasteiger charge is -2.31. The molecule has 0 saturated carbocycles. The molecule has 3 rings (SSSR count). The number of nitrogens with one attached hydrogen (secondary N) is 1. The van der Waals surface area contributed by atoms with Crippen molar-refractivity contribution in [2.75, 3.05) is 24.3 Å². The predicted octanol–water partition coefficient (Wildman–Crippen LogP) is 0.976. The summed E-state index contributed by atoms with van der Waals surface area (Å²) in [4.78, 5) is 11.6. The molecule has 1 fully saturated rings. The molecule has 2 aromatic heterocycles. The first-order chi connectivity index (χ1) is 10.2. The van der Waals surface area contributed by atoms with E-state index in [0.717, 1.165) is 36.5 Å². The van der Waals surface area contributed by atoms with E-state index < -0.39 is 0 Å². The maximum absolute atomic E-state index is 5.58. The third-order valence-corrected chi connectivity index (χ3v) is 5.19. The Labute approximate surface area is 128 Å². The van der Waals surface area contributed by atoms with Gasteiger partial charge in [0.15, 0.2) is 11.5 Å². The van der Waals surface area contributed by atoms with E-state index in [-0.39, 0.29) is 0 Å². The van der Waals surface area contributed by atoms with Crippen molar-refractivity contribution in [1.29, 1.82) is 0 Å². The standard InChI is InChI=1S/C13H21N7S/c1-3-9-7-20(4-5-21-9)8-11-16-12(18-14)10-6-15-19(2)13(10)17-11/h6,9H,3-5,7-8,14H2,1-2H3,(H,16,17,18). The van der Waals surface area contributed by atoms with Crippen LogP contribution >= 0.6 is 11.8 Å². The Balaban J connectivity index is 1.84. The number of fused-ring (bicyclic) bond motifs is 1. The van der Waals surface area contributed by atoms with Gasteiger partial charge in [0, 0.05) is 31.1 Å². The lowest BCUT2D eigenvalue weighted by atomic mass is 10.3. The van der Waals surface area contributed by atoms with Crippen LogP contribution in [-0.4, -0.2) is 48.7 Å². The van der Waals surface area contributed by atoms with Crippen LogP contribution in [0.25, 0.3) is 11.0 Å². The molecule has 3 N–H and O–H groups in total. The fourth-order valence-corrected chi connectivity index (χ4v) is 3.87. The van der Waals surface area contributed by atoms with Crippen molar-refractivity contribution in [3.05, 3.63) is 12.0 Å². The molecule has 0 spiro atoms. The number of rotatable bonds is 4. The summed E-state index contributed by atoms with van der Waals surface area (Å²) in [6.45, 7) is 5.18. The molecule has 1 unspecified atom stereocenters. The maximum Gasteiger partial charge on any atom is 0.163 e. The van der Waals surface area contributed by atoms with Gasteiger partial charge in [0.2, 0.25) is 0 Å². The van der Waals surface area contributed by atoms with Gasteiger partial charge < -0.3 is 5.43 Å². The summed E-state index contributed by atoms with van der Waals surface area (Å²) in [6.07, 6.45) is 2.94. The van der Waals surface area contributed by atoms with Crippen LogP contribution in [0.3, 0.4) is 0 Å². The van der Waals surface area contributed by atoms with Crippen molar-refractivity contribution < 1.29 is 0 Å². The zero-order valence-electron chi connectivity index (χ0n) is 12.4. The van der Waals surface area contributed by atoms with Gasteiger partial charge in [-0.2, -0.15) is 16.9 Å². The molecule has 0 radical (unpaired) electrons. The Hall–Kier alpha value is -1.38. The van der Waals surface area contributed by atoms with Gasteiger partial charge in [-0.3, -0.25) is 9.58 Å². The molecular weight excluding hydrogens is 286 g/mol. The summed E-state index contributed by atoms with van der Waals surface area (Å²) in [7, 11) is 1.88. The number of aromatic nitrogens is 4. The number of hydrazine groups is 1. The first kappa shape index (κ1) is 14.6. The Kier molecular flexibility index (Phi) is 4.27. The van der Waals surface area contributed by atoms with Crippen LogP contribution in [-0.2, 0) is 13.6 Å². The van der Waals surface area contributed by atoms with Crippen LogP contribution in [0, 0.1) is 0 Å². The quantitative estimate of drug-likeness (QED) is 0.643. The summed E-state index contributed by atoms with van der Waals surface area (Å²) in [5.41, 5.74) is 3.47. The summed E-state index contributed by atoms with van der Waals surface area (Å²) in [5, 5.41) is 5.78. The second-order valence-electron chi connectivity index (χ2n) is 5.27. The number of hydrogen-bond donors (Lipinski definition) is 2. The molecule has 1 atom stereocenters. The third kappa shape index (κ3) is 2.97. The van der Waals surface area contributed by atoms with Crippen LogP contribution in [0.5, 0.6) is 0 Å². The summed E-state index contributed by atoms with van der Waals surface area (Å²) in [5.74, 6) is 8.18. The largest absolute Gasteiger partial charge is 0.308 e. The second kappa shape index (κ2) is 6.17. The molecule has 21 heavy (non-hydrogen) atoms. The fraction of sp³-hybridized carbons (Fsp3) is 0.615. The van der Waals surface area contributed by atoms with Gasteiger partial charge in [-0.05, 0) is 6.42 Å². The molecule has 1 aliphatic heterocycles. The van der Waals surface area contributed by atoms with Crippen LogP contribution in [0.2, 0.25) is 0 Å². The highest BCUT2D eigenvalue weighted by atomic mass is 32.2. The lowest BCUT2D eigenvalue weighted by molar-refractivity contribution is 0.267. The normalized spacial score (nSPS) is 20.0. The number of nitrogens with zero attached hydrogens (tertiary/aromatic N) is 5. The number of aryl methyl sites for hydroxylation is 1. The SMILES string of the molecule is CCC1CN(Cc2nc(NN)c3cnn(C)c3n2)CCS1. The van der Waals surface area contributed by atoms with E-state index in [1.807, 2.05) is 7.05 Å². The van der Waals surface area contributed by atoms with Gasteiger partial charge in [-0.1, -0.05) is 6.92 Å². The van der Waals surface area contributed by atoms with E-state index in [9.17, 15) is 0 Å². The number of nitrogens with two attached hydrogens (primary N) is 1. The van der Waals surface area contributed by atoms with Crippen molar-refractivity contribution in [2.45, 2.75) is 25.1 Å². The second-order valence-corrected chi connectivity index (χ2v) is 6.68. The van der Waals surface area contributed by atoms with Crippen LogP contribution in [0.4, 0.5) is 5.82 Å². The van der Waals surface area contributed by atoms with Gasteiger partial charge in [-0.15, -0.1) is 0 Å². The molecule has 3 heterocycles. The molecular formula is C13H21N7S. The average Bonchev–Trinajstić information content (AvgIpc) is 2.88. The van der Waals surface area contributed by atoms with E-state index in [4.69, 9.17) is 5.84 Å². The Morgan fingerprint density at radius 3 is 3.10 bits per heavy atom. The Morgan fingerprint density at radius 1 is 1.48 bits per heavy atom. The van der Waals surface area contributed by atoms with Crippen LogP contribution < -0.4 is 11.3 Å². The molecule has 0 aliphatic carbocycles. The molecule has 1 saturated heterocycles. The minimum atomic E-state index is 0.640. The molecule has 114 valence electrons.